The smallest absolute Gasteiger partial charge is 0.310 e. The number of hydrogen-bond acceptors (Lipinski definition) is 3. The second-order valence-electron chi connectivity index (χ2n) is 5.86. The maximum Gasteiger partial charge on any atom is 0.310 e. The molecule has 3 nitrogen and oxygen atoms in total. The van der Waals surface area contributed by atoms with Crippen LogP contribution in [0.1, 0.15) is 24.0 Å². The van der Waals surface area contributed by atoms with Gasteiger partial charge in [0.25, 0.3) is 0 Å². The fraction of sp³-hybridized carbons (Fsp3) is 0.316. The van der Waals surface area contributed by atoms with E-state index < -0.39 is 11.5 Å². The van der Waals surface area contributed by atoms with Crippen LogP contribution in [0.5, 0.6) is 0 Å². The standard InChI is InChI=1S/C19H20O3/c1-13(20)19(15-11-7-4-8-12-15)16(17(19)18(21)22-2)14-9-5-3-6-10-14/h3-13,16-17,20H,1-2H3/t13-,16+,17-,19-/m0/s1. The van der Waals surface area contributed by atoms with E-state index in [-0.39, 0.29) is 17.8 Å². The lowest BCUT2D eigenvalue weighted by Crippen LogP contribution is -2.28. The van der Waals surface area contributed by atoms with Crippen LogP contribution < -0.4 is 0 Å². The molecule has 22 heavy (non-hydrogen) atoms. The van der Waals surface area contributed by atoms with E-state index in [4.69, 9.17) is 4.74 Å². The molecule has 114 valence electrons. The molecule has 0 amide bonds. The molecule has 1 aliphatic carbocycles. The summed E-state index contributed by atoms with van der Waals surface area (Å²) in [7, 11) is 1.40. The van der Waals surface area contributed by atoms with Crippen molar-refractivity contribution in [2.45, 2.75) is 24.4 Å². The van der Waals surface area contributed by atoms with Gasteiger partial charge in [0.15, 0.2) is 0 Å². The fourth-order valence-corrected chi connectivity index (χ4v) is 3.84. The first-order valence-corrected chi connectivity index (χ1v) is 7.50. The Morgan fingerprint density at radius 2 is 1.64 bits per heavy atom. The van der Waals surface area contributed by atoms with E-state index in [1.807, 2.05) is 60.7 Å². The second-order valence-corrected chi connectivity index (χ2v) is 5.86. The number of aliphatic hydroxyl groups excluding tert-OH is 1. The van der Waals surface area contributed by atoms with Crippen LogP contribution in [0.25, 0.3) is 0 Å². The number of esters is 1. The zero-order valence-corrected chi connectivity index (χ0v) is 12.8. The van der Waals surface area contributed by atoms with Crippen molar-refractivity contribution in [3.63, 3.8) is 0 Å². The quantitative estimate of drug-likeness (QED) is 0.883. The van der Waals surface area contributed by atoms with Gasteiger partial charge in [-0.15, -0.1) is 0 Å². The van der Waals surface area contributed by atoms with E-state index in [1.54, 1.807) is 6.92 Å². The summed E-state index contributed by atoms with van der Waals surface area (Å²) in [6, 6.07) is 19.7. The number of hydrogen-bond donors (Lipinski definition) is 1. The summed E-state index contributed by atoms with van der Waals surface area (Å²) in [6.45, 7) is 1.76. The van der Waals surface area contributed by atoms with Gasteiger partial charge < -0.3 is 9.84 Å². The van der Waals surface area contributed by atoms with Crippen LogP contribution >= 0.6 is 0 Å². The molecule has 0 aromatic heterocycles. The first kappa shape index (κ1) is 14.8. The summed E-state index contributed by atoms with van der Waals surface area (Å²) in [4.78, 5) is 12.3. The fourth-order valence-electron chi connectivity index (χ4n) is 3.84. The topological polar surface area (TPSA) is 46.5 Å². The lowest BCUT2D eigenvalue weighted by Gasteiger charge is -2.22. The molecule has 2 aromatic rings. The lowest BCUT2D eigenvalue weighted by atomic mass is 9.85. The number of rotatable bonds is 4. The third-order valence-electron chi connectivity index (χ3n) is 4.83. The van der Waals surface area contributed by atoms with Crippen LogP contribution in [-0.2, 0) is 14.9 Å². The molecule has 0 heterocycles. The molecule has 1 saturated carbocycles. The second kappa shape index (κ2) is 5.58. The van der Waals surface area contributed by atoms with Gasteiger partial charge in [-0.1, -0.05) is 60.7 Å². The molecule has 3 heteroatoms. The normalized spacial score (nSPS) is 28.0. The molecule has 0 spiro atoms. The monoisotopic (exact) mass is 296 g/mol. The van der Waals surface area contributed by atoms with Gasteiger partial charge >= 0.3 is 5.97 Å². The van der Waals surface area contributed by atoms with Gasteiger partial charge in [-0.25, -0.2) is 0 Å². The zero-order valence-electron chi connectivity index (χ0n) is 12.8. The van der Waals surface area contributed by atoms with Crippen molar-refractivity contribution >= 4 is 5.97 Å². The summed E-state index contributed by atoms with van der Waals surface area (Å²) >= 11 is 0. The van der Waals surface area contributed by atoms with Crippen molar-refractivity contribution in [1.82, 2.24) is 0 Å². The summed E-state index contributed by atoms with van der Waals surface area (Å²) in [6.07, 6.45) is -0.649. The summed E-state index contributed by atoms with van der Waals surface area (Å²) < 4.78 is 5.00. The van der Waals surface area contributed by atoms with Crippen molar-refractivity contribution in [3.05, 3.63) is 71.8 Å². The molecule has 0 saturated heterocycles. The third kappa shape index (κ3) is 2.04. The third-order valence-corrected chi connectivity index (χ3v) is 4.83. The first-order valence-electron chi connectivity index (χ1n) is 7.50. The van der Waals surface area contributed by atoms with Gasteiger partial charge in [-0.2, -0.15) is 0 Å². The minimum Gasteiger partial charge on any atom is -0.469 e. The zero-order chi connectivity index (χ0) is 15.7. The highest BCUT2D eigenvalue weighted by Crippen LogP contribution is 2.67. The van der Waals surface area contributed by atoms with Crippen LogP contribution in [0, 0.1) is 5.92 Å². The van der Waals surface area contributed by atoms with Gasteiger partial charge in [-0.05, 0) is 18.1 Å². The Hall–Kier alpha value is -2.13. The highest BCUT2D eigenvalue weighted by atomic mass is 16.5. The predicted octanol–water partition coefficient (Wildman–Crippen LogP) is 2.89. The molecule has 0 bridgehead atoms. The molecule has 1 fully saturated rings. The minimum atomic E-state index is -0.649. The maximum absolute atomic E-state index is 12.3. The number of aliphatic hydroxyl groups is 1. The largest absolute Gasteiger partial charge is 0.469 e. The van der Waals surface area contributed by atoms with E-state index in [9.17, 15) is 9.90 Å². The lowest BCUT2D eigenvalue weighted by molar-refractivity contribution is -0.143. The highest BCUT2D eigenvalue weighted by molar-refractivity contribution is 5.83. The molecule has 4 atom stereocenters. The molecular weight excluding hydrogens is 276 g/mol. The molecule has 2 aromatic carbocycles. The molecule has 0 aliphatic heterocycles. The Morgan fingerprint density at radius 3 is 2.14 bits per heavy atom. The summed E-state index contributed by atoms with van der Waals surface area (Å²) in [5.74, 6) is -0.690. The Balaban J connectivity index is 2.13. The molecule has 1 N–H and O–H groups in total. The van der Waals surface area contributed by atoms with Crippen LogP contribution in [0.15, 0.2) is 60.7 Å². The van der Waals surface area contributed by atoms with Gasteiger partial charge in [0.1, 0.15) is 0 Å². The average molecular weight is 296 g/mol. The Bertz CT molecular complexity index is 651. The van der Waals surface area contributed by atoms with E-state index in [2.05, 4.69) is 0 Å². The maximum atomic E-state index is 12.3. The van der Waals surface area contributed by atoms with Crippen LogP contribution in [-0.4, -0.2) is 24.3 Å². The number of carbonyl (C=O) groups is 1. The Morgan fingerprint density at radius 1 is 1.09 bits per heavy atom. The van der Waals surface area contributed by atoms with Crippen molar-refractivity contribution in [3.8, 4) is 0 Å². The number of methoxy groups -OCH3 is 1. The van der Waals surface area contributed by atoms with Gasteiger partial charge in [0.2, 0.25) is 0 Å². The van der Waals surface area contributed by atoms with Crippen molar-refractivity contribution < 1.29 is 14.6 Å². The van der Waals surface area contributed by atoms with E-state index in [0.717, 1.165) is 11.1 Å². The van der Waals surface area contributed by atoms with E-state index in [0.29, 0.717) is 0 Å². The molecule has 3 rings (SSSR count). The van der Waals surface area contributed by atoms with E-state index >= 15 is 0 Å². The molecular formula is C19H20O3. The van der Waals surface area contributed by atoms with Crippen molar-refractivity contribution in [1.29, 1.82) is 0 Å². The van der Waals surface area contributed by atoms with Crippen LogP contribution in [0.4, 0.5) is 0 Å². The number of carbonyl (C=O) groups excluding carboxylic acids is 1. The minimum absolute atomic E-state index is 0.0662. The molecule has 1 aliphatic rings. The average Bonchev–Trinajstić information content (AvgIpc) is 3.27. The number of ether oxygens (including phenoxy) is 1. The predicted molar refractivity (Wildman–Crippen MR) is 84.5 cm³/mol. The first-order chi connectivity index (χ1) is 10.6. The van der Waals surface area contributed by atoms with Gasteiger partial charge in [0, 0.05) is 11.3 Å². The summed E-state index contributed by atoms with van der Waals surface area (Å²) in [5, 5.41) is 10.5. The SMILES string of the molecule is COC(=O)[C@@H]1[C@@H](c2ccccc2)[C@@]1(c1ccccc1)[C@H](C)O. The van der Waals surface area contributed by atoms with E-state index in [1.165, 1.54) is 7.11 Å². The highest BCUT2D eigenvalue weighted by Gasteiger charge is 2.72. The van der Waals surface area contributed by atoms with Crippen LogP contribution in [0.3, 0.4) is 0 Å². The van der Waals surface area contributed by atoms with Gasteiger partial charge in [-0.3, -0.25) is 4.79 Å². The Kier molecular flexibility index (Phi) is 3.75. The Labute approximate surface area is 130 Å². The van der Waals surface area contributed by atoms with Crippen LogP contribution in [0.2, 0.25) is 0 Å². The van der Waals surface area contributed by atoms with Crippen molar-refractivity contribution in [2.75, 3.05) is 7.11 Å². The van der Waals surface area contributed by atoms with Gasteiger partial charge in [0.05, 0.1) is 19.1 Å². The molecule has 0 unspecified atom stereocenters. The summed E-state index contributed by atoms with van der Waals surface area (Å²) in [5.41, 5.74) is 1.42. The van der Waals surface area contributed by atoms with Crippen molar-refractivity contribution in [2.24, 2.45) is 5.92 Å². The molecule has 0 radical (unpaired) electrons. The number of benzene rings is 2.